The van der Waals surface area contributed by atoms with E-state index in [-0.39, 0.29) is 12.1 Å². The molecule has 1 fully saturated rings. The highest BCUT2D eigenvalue weighted by molar-refractivity contribution is 7.82. The van der Waals surface area contributed by atoms with Crippen LogP contribution in [0.15, 0.2) is 12.1 Å². The number of amides is 2. The van der Waals surface area contributed by atoms with Crippen LogP contribution in [0.1, 0.15) is 88.8 Å². The Balaban J connectivity index is 2.24. The van der Waals surface area contributed by atoms with Gasteiger partial charge in [0.05, 0.1) is 5.69 Å². The van der Waals surface area contributed by atoms with E-state index in [0.717, 1.165) is 31.4 Å². The van der Waals surface area contributed by atoms with E-state index in [2.05, 4.69) is 58.0 Å². The molecule has 1 N–H and O–H groups in total. The van der Waals surface area contributed by atoms with E-state index in [9.17, 15) is 4.79 Å². The standard InChI is InChI=1S/C21H34N2OS/c1-5-16-13-18(15(3)4)14-17(6-2)20(16)23(25)21(24)22-19-11-9-7-8-10-12-19/h13-15,19,25H,5-12H2,1-4H3,(H,22,24). The first kappa shape index (κ1) is 20.2. The van der Waals surface area contributed by atoms with Gasteiger partial charge in [-0.3, -0.25) is 0 Å². The molecule has 25 heavy (non-hydrogen) atoms. The average Bonchev–Trinajstić information content (AvgIpc) is 2.88. The van der Waals surface area contributed by atoms with Gasteiger partial charge in [0.15, 0.2) is 0 Å². The number of anilines is 1. The van der Waals surface area contributed by atoms with Crippen molar-refractivity contribution in [3.05, 3.63) is 28.8 Å². The van der Waals surface area contributed by atoms with Gasteiger partial charge in [-0.15, -0.1) is 0 Å². The molecule has 1 aliphatic carbocycles. The molecule has 1 aliphatic rings. The highest BCUT2D eigenvalue weighted by atomic mass is 32.1. The summed E-state index contributed by atoms with van der Waals surface area (Å²) in [4.78, 5) is 12.8. The average molecular weight is 363 g/mol. The first-order valence-electron chi connectivity index (χ1n) is 9.93. The van der Waals surface area contributed by atoms with Gasteiger partial charge in [-0.25, -0.2) is 9.10 Å². The molecule has 3 nitrogen and oxygen atoms in total. The van der Waals surface area contributed by atoms with Crippen molar-refractivity contribution in [3.8, 4) is 0 Å². The van der Waals surface area contributed by atoms with Crippen LogP contribution in [0, 0.1) is 0 Å². The summed E-state index contributed by atoms with van der Waals surface area (Å²) in [6, 6.07) is 4.68. The minimum absolute atomic E-state index is 0.0862. The number of nitrogens with one attached hydrogen (secondary N) is 1. The number of benzene rings is 1. The highest BCUT2D eigenvalue weighted by Crippen LogP contribution is 2.32. The molecule has 0 bridgehead atoms. The fourth-order valence-corrected chi connectivity index (χ4v) is 4.01. The Morgan fingerprint density at radius 1 is 1.12 bits per heavy atom. The van der Waals surface area contributed by atoms with Crippen LogP contribution in [0.5, 0.6) is 0 Å². The number of hydrogen-bond donors (Lipinski definition) is 2. The van der Waals surface area contributed by atoms with Gasteiger partial charge in [0.1, 0.15) is 0 Å². The van der Waals surface area contributed by atoms with E-state index < -0.39 is 0 Å². The number of urea groups is 1. The molecule has 0 aromatic heterocycles. The van der Waals surface area contributed by atoms with Crippen LogP contribution < -0.4 is 9.62 Å². The van der Waals surface area contributed by atoms with E-state index in [4.69, 9.17) is 0 Å². The maximum atomic E-state index is 12.8. The third kappa shape index (κ3) is 5.16. The number of carbonyl (C=O) groups excluding carboxylic acids is 1. The van der Waals surface area contributed by atoms with Gasteiger partial charge in [-0.05, 0) is 48.3 Å². The van der Waals surface area contributed by atoms with E-state index >= 15 is 0 Å². The highest BCUT2D eigenvalue weighted by Gasteiger charge is 2.22. The van der Waals surface area contributed by atoms with Crippen LogP contribution in [0.3, 0.4) is 0 Å². The van der Waals surface area contributed by atoms with Crippen molar-refractivity contribution in [2.45, 2.75) is 91.0 Å². The van der Waals surface area contributed by atoms with Gasteiger partial charge in [0.2, 0.25) is 0 Å². The van der Waals surface area contributed by atoms with Gasteiger partial charge >= 0.3 is 6.03 Å². The number of carbonyl (C=O) groups is 1. The van der Waals surface area contributed by atoms with Crippen LogP contribution in [0.2, 0.25) is 0 Å². The van der Waals surface area contributed by atoms with Crippen LogP contribution in [0.25, 0.3) is 0 Å². The first-order chi connectivity index (χ1) is 12.0. The SMILES string of the molecule is CCc1cc(C(C)C)cc(CC)c1N(S)C(=O)NC1CCCCCC1. The zero-order valence-corrected chi connectivity index (χ0v) is 17.2. The minimum Gasteiger partial charge on any atom is -0.334 e. The van der Waals surface area contributed by atoms with Crippen molar-refractivity contribution in [2.75, 3.05) is 4.31 Å². The first-order valence-corrected chi connectivity index (χ1v) is 10.3. The van der Waals surface area contributed by atoms with Gasteiger partial charge in [0, 0.05) is 6.04 Å². The van der Waals surface area contributed by atoms with E-state index in [1.165, 1.54) is 42.4 Å². The molecular formula is C21H34N2OS. The van der Waals surface area contributed by atoms with Crippen LogP contribution in [-0.4, -0.2) is 12.1 Å². The third-order valence-corrected chi connectivity index (χ3v) is 5.69. The zero-order chi connectivity index (χ0) is 18.4. The Kier molecular flexibility index (Phi) is 7.67. The summed E-state index contributed by atoms with van der Waals surface area (Å²) < 4.78 is 1.55. The number of aryl methyl sites for hydroxylation is 2. The molecule has 0 radical (unpaired) electrons. The molecular weight excluding hydrogens is 328 g/mol. The molecule has 4 heteroatoms. The molecule has 0 heterocycles. The van der Waals surface area contributed by atoms with Gasteiger partial charge in [-0.1, -0.05) is 78.3 Å². The Morgan fingerprint density at radius 2 is 1.64 bits per heavy atom. The summed E-state index contributed by atoms with van der Waals surface area (Å²) in [6.45, 7) is 8.72. The number of thiol groups is 1. The number of nitrogens with zero attached hydrogens (tertiary/aromatic N) is 1. The molecule has 1 aromatic rings. The fraction of sp³-hybridized carbons (Fsp3) is 0.667. The predicted octanol–water partition coefficient (Wildman–Crippen LogP) is 6.02. The Labute approximate surface area is 159 Å². The minimum atomic E-state index is -0.0862. The zero-order valence-electron chi connectivity index (χ0n) is 16.3. The van der Waals surface area contributed by atoms with Crippen molar-refractivity contribution >= 4 is 24.5 Å². The molecule has 0 atom stereocenters. The molecule has 0 spiro atoms. The molecule has 140 valence electrons. The van der Waals surface area contributed by atoms with Crippen molar-refractivity contribution in [1.82, 2.24) is 5.32 Å². The molecule has 2 rings (SSSR count). The van der Waals surface area contributed by atoms with E-state index in [1.54, 1.807) is 4.31 Å². The third-order valence-electron chi connectivity index (χ3n) is 5.31. The van der Waals surface area contributed by atoms with Crippen molar-refractivity contribution in [1.29, 1.82) is 0 Å². The second-order valence-electron chi connectivity index (χ2n) is 7.50. The molecule has 1 aromatic carbocycles. The lowest BCUT2D eigenvalue weighted by Gasteiger charge is -2.26. The van der Waals surface area contributed by atoms with Crippen LogP contribution in [0.4, 0.5) is 10.5 Å². The Hall–Kier alpha value is -1.16. The summed E-state index contributed by atoms with van der Waals surface area (Å²) in [5.74, 6) is 0.484. The fourth-order valence-electron chi connectivity index (χ4n) is 3.69. The molecule has 0 saturated heterocycles. The van der Waals surface area contributed by atoms with E-state index in [0.29, 0.717) is 5.92 Å². The van der Waals surface area contributed by atoms with E-state index in [1.807, 2.05) is 0 Å². The van der Waals surface area contributed by atoms with Crippen LogP contribution in [-0.2, 0) is 12.8 Å². The summed E-state index contributed by atoms with van der Waals surface area (Å²) >= 11 is 4.60. The monoisotopic (exact) mass is 362 g/mol. The topological polar surface area (TPSA) is 32.3 Å². The summed E-state index contributed by atoms with van der Waals surface area (Å²) in [6.07, 6.45) is 8.96. The number of rotatable bonds is 5. The quantitative estimate of drug-likeness (QED) is 0.487. The maximum absolute atomic E-state index is 12.8. The van der Waals surface area contributed by atoms with Crippen LogP contribution >= 0.6 is 12.8 Å². The summed E-state index contributed by atoms with van der Waals surface area (Å²) in [7, 11) is 0. The van der Waals surface area contributed by atoms with Crippen molar-refractivity contribution in [3.63, 3.8) is 0 Å². The van der Waals surface area contributed by atoms with Gasteiger partial charge < -0.3 is 5.32 Å². The lowest BCUT2D eigenvalue weighted by atomic mass is 9.93. The lowest BCUT2D eigenvalue weighted by molar-refractivity contribution is 0.245. The largest absolute Gasteiger partial charge is 0.334 e. The molecule has 2 amide bonds. The summed E-state index contributed by atoms with van der Waals surface area (Å²) in [5.41, 5.74) is 4.72. The second kappa shape index (κ2) is 9.51. The molecule has 0 unspecified atom stereocenters. The van der Waals surface area contributed by atoms with Crippen molar-refractivity contribution < 1.29 is 4.79 Å². The summed E-state index contributed by atoms with van der Waals surface area (Å²) in [5, 5.41) is 3.21. The van der Waals surface area contributed by atoms with Gasteiger partial charge in [-0.2, -0.15) is 0 Å². The smallest absolute Gasteiger partial charge is 0.332 e. The van der Waals surface area contributed by atoms with Crippen molar-refractivity contribution in [2.24, 2.45) is 0 Å². The van der Waals surface area contributed by atoms with Gasteiger partial charge in [0.25, 0.3) is 0 Å². The second-order valence-corrected chi connectivity index (χ2v) is 7.90. The Bertz CT molecular complexity index is 552. The molecule has 1 saturated carbocycles. The Morgan fingerprint density at radius 3 is 2.08 bits per heavy atom. The normalized spacial score (nSPS) is 15.9. The molecule has 0 aliphatic heterocycles. The maximum Gasteiger partial charge on any atom is 0.332 e. The predicted molar refractivity (Wildman–Crippen MR) is 111 cm³/mol. The number of hydrogen-bond acceptors (Lipinski definition) is 2. The lowest BCUT2D eigenvalue weighted by Crippen LogP contribution is -2.41.